The summed E-state index contributed by atoms with van der Waals surface area (Å²) < 4.78 is 10.9. The van der Waals surface area contributed by atoms with E-state index >= 15 is 0 Å². The van der Waals surface area contributed by atoms with Gasteiger partial charge < -0.3 is 19.3 Å². The lowest BCUT2D eigenvalue weighted by Crippen LogP contribution is -2.37. The summed E-state index contributed by atoms with van der Waals surface area (Å²) in [6.07, 6.45) is 5.08. The minimum atomic E-state index is 0.277. The molecule has 1 amide bonds. The van der Waals surface area contributed by atoms with E-state index in [9.17, 15) is 4.79 Å². The highest BCUT2D eigenvalue weighted by atomic mass is 16.7. The first-order chi connectivity index (χ1) is 12.1. The Morgan fingerprint density at radius 2 is 1.80 bits per heavy atom. The lowest BCUT2D eigenvalue weighted by molar-refractivity contribution is -0.134. The van der Waals surface area contributed by atoms with Crippen LogP contribution in [0, 0.1) is 17.8 Å². The van der Waals surface area contributed by atoms with Crippen LogP contribution in [0.5, 0.6) is 11.5 Å². The maximum absolute atomic E-state index is 13.2. The number of carbonyl (C=O) groups is 1. The number of carbonyl (C=O) groups excluding carboxylic acids is 1. The van der Waals surface area contributed by atoms with Crippen LogP contribution in [0.4, 0.5) is 0 Å². The van der Waals surface area contributed by atoms with Crippen LogP contribution in [0.15, 0.2) is 18.2 Å². The van der Waals surface area contributed by atoms with E-state index in [0.29, 0.717) is 24.3 Å². The first-order valence-corrected chi connectivity index (χ1v) is 9.45. The van der Waals surface area contributed by atoms with Crippen LogP contribution in [-0.2, 0) is 11.3 Å². The molecule has 2 aliphatic carbocycles. The van der Waals surface area contributed by atoms with Crippen molar-refractivity contribution in [3.63, 3.8) is 0 Å². The molecule has 2 atom stereocenters. The van der Waals surface area contributed by atoms with Crippen molar-refractivity contribution in [3.8, 4) is 11.5 Å². The van der Waals surface area contributed by atoms with Crippen LogP contribution in [-0.4, -0.2) is 49.7 Å². The Morgan fingerprint density at radius 3 is 2.52 bits per heavy atom. The summed E-state index contributed by atoms with van der Waals surface area (Å²) in [7, 11) is 4.11. The summed E-state index contributed by atoms with van der Waals surface area (Å²) in [5.74, 6) is 3.52. The quantitative estimate of drug-likeness (QED) is 0.796. The van der Waals surface area contributed by atoms with Crippen molar-refractivity contribution in [2.75, 3.05) is 34.0 Å². The highest BCUT2D eigenvalue weighted by Crippen LogP contribution is 2.56. The average molecular weight is 344 g/mol. The van der Waals surface area contributed by atoms with E-state index in [2.05, 4.69) is 23.9 Å². The van der Waals surface area contributed by atoms with E-state index in [1.165, 1.54) is 25.7 Å². The van der Waals surface area contributed by atoms with Crippen molar-refractivity contribution < 1.29 is 14.3 Å². The molecule has 1 aromatic carbocycles. The maximum atomic E-state index is 13.2. The molecule has 0 aromatic heterocycles. The second-order valence-corrected chi connectivity index (χ2v) is 7.89. The zero-order valence-electron chi connectivity index (χ0n) is 15.2. The number of ether oxygens (including phenoxy) is 2. The highest BCUT2D eigenvalue weighted by Gasteiger charge is 2.55. The molecule has 2 saturated carbocycles. The number of likely N-dealkylation sites (N-methyl/N-ethyl adjacent to an activating group) is 1. The Hall–Kier alpha value is -1.75. The fourth-order valence-electron chi connectivity index (χ4n) is 4.42. The third-order valence-electron chi connectivity index (χ3n) is 5.88. The van der Waals surface area contributed by atoms with Crippen molar-refractivity contribution in [1.82, 2.24) is 9.80 Å². The second-order valence-electron chi connectivity index (χ2n) is 7.89. The van der Waals surface area contributed by atoms with Gasteiger partial charge in [-0.15, -0.1) is 0 Å². The van der Waals surface area contributed by atoms with Gasteiger partial charge in [0, 0.05) is 25.6 Å². The van der Waals surface area contributed by atoms with Gasteiger partial charge in [0.05, 0.1) is 0 Å². The van der Waals surface area contributed by atoms with E-state index < -0.39 is 0 Å². The van der Waals surface area contributed by atoms with Gasteiger partial charge in [-0.2, -0.15) is 0 Å². The first kappa shape index (κ1) is 16.7. The molecular formula is C20H28N2O3. The predicted octanol–water partition coefficient (Wildman–Crippen LogP) is 2.74. The summed E-state index contributed by atoms with van der Waals surface area (Å²) in [5, 5.41) is 0. The van der Waals surface area contributed by atoms with Crippen LogP contribution in [0.25, 0.3) is 0 Å². The number of fused-ring (bicyclic) bond motifs is 2. The molecule has 0 radical (unpaired) electrons. The molecule has 136 valence electrons. The molecule has 3 aliphatic rings. The molecule has 1 heterocycles. The lowest BCUT2D eigenvalue weighted by Gasteiger charge is -2.25. The van der Waals surface area contributed by atoms with Crippen LogP contribution in [0.3, 0.4) is 0 Å². The minimum absolute atomic E-state index is 0.277. The molecule has 25 heavy (non-hydrogen) atoms. The van der Waals surface area contributed by atoms with Gasteiger partial charge in [-0.25, -0.2) is 0 Å². The largest absolute Gasteiger partial charge is 0.454 e. The highest BCUT2D eigenvalue weighted by molar-refractivity contribution is 5.82. The number of hydrogen-bond acceptors (Lipinski definition) is 4. The van der Waals surface area contributed by atoms with E-state index in [-0.39, 0.29) is 12.7 Å². The minimum Gasteiger partial charge on any atom is -0.454 e. The number of amides is 1. The topological polar surface area (TPSA) is 42.0 Å². The van der Waals surface area contributed by atoms with Crippen molar-refractivity contribution in [1.29, 1.82) is 0 Å². The van der Waals surface area contributed by atoms with Crippen LogP contribution < -0.4 is 9.47 Å². The Balaban J connectivity index is 1.47. The summed E-state index contributed by atoms with van der Waals surface area (Å²) in [6.45, 7) is 2.60. The van der Waals surface area contributed by atoms with E-state index in [0.717, 1.165) is 30.2 Å². The zero-order valence-corrected chi connectivity index (χ0v) is 15.2. The Kier molecular flexibility index (Phi) is 4.59. The number of nitrogens with zero attached hydrogens (tertiary/aromatic N) is 2. The van der Waals surface area contributed by atoms with Gasteiger partial charge in [0.2, 0.25) is 12.7 Å². The molecule has 2 fully saturated rings. The second kappa shape index (κ2) is 6.87. The van der Waals surface area contributed by atoms with Crippen molar-refractivity contribution >= 4 is 5.91 Å². The Bertz CT molecular complexity index is 634. The zero-order chi connectivity index (χ0) is 17.4. The standard InChI is InChI=1S/C20H28N2O3/c1-21(2)9-10-22(20(23)19-15-5-3-4-6-16(15)19)12-14-7-8-17-18(11-14)25-13-24-17/h7-8,11,15-16,19H,3-6,9-10,12-13H2,1-2H3/t15-,16-/m1/s1. The van der Waals surface area contributed by atoms with Crippen LogP contribution in [0.1, 0.15) is 31.2 Å². The van der Waals surface area contributed by atoms with Crippen molar-refractivity contribution in [2.24, 2.45) is 17.8 Å². The van der Waals surface area contributed by atoms with E-state index in [1.54, 1.807) is 0 Å². The van der Waals surface area contributed by atoms with E-state index in [1.807, 2.05) is 18.2 Å². The summed E-state index contributed by atoms with van der Waals surface area (Å²) in [5.41, 5.74) is 1.11. The molecule has 0 bridgehead atoms. The van der Waals surface area contributed by atoms with Gasteiger partial charge in [-0.3, -0.25) is 4.79 Å². The fraction of sp³-hybridized carbons (Fsp3) is 0.650. The lowest BCUT2D eigenvalue weighted by atomic mass is 10.0. The molecule has 5 heteroatoms. The van der Waals surface area contributed by atoms with Gasteiger partial charge in [0.1, 0.15) is 0 Å². The van der Waals surface area contributed by atoms with Gasteiger partial charge in [-0.1, -0.05) is 18.9 Å². The SMILES string of the molecule is CN(C)CCN(Cc1ccc2c(c1)OCO2)C(=O)C1[C@@H]2CCCC[C@@H]12. The maximum Gasteiger partial charge on any atom is 0.231 e. The molecule has 4 rings (SSSR count). The summed E-state index contributed by atoms with van der Waals surface area (Å²) >= 11 is 0. The molecule has 0 N–H and O–H groups in total. The first-order valence-electron chi connectivity index (χ1n) is 9.45. The molecule has 0 saturated heterocycles. The van der Waals surface area contributed by atoms with Gasteiger partial charge >= 0.3 is 0 Å². The van der Waals surface area contributed by atoms with Gasteiger partial charge in [0.15, 0.2) is 11.5 Å². The van der Waals surface area contributed by atoms with Crippen molar-refractivity contribution in [3.05, 3.63) is 23.8 Å². The molecule has 0 spiro atoms. The van der Waals surface area contributed by atoms with Gasteiger partial charge in [-0.05, 0) is 56.5 Å². The molecule has 1 aromatic rings. The molecule has 1 aliphatic heterocycles. The molecule has 5 nitrogen and oxygen atoms in total. The number of hydrogen-bond donors (Lipinski definition) is 0. The predicted molar refractivity (Wildman–Crippen MR) is 95.5 cm³/mol. The number of benzene rings is 1. The number of rotatable bonds is 6. The Labute approximate surface area is 149 Å². The smallest absolute Gasteiger partial charge is 0.231 e. The molecule has 0 unspecified atom stereocenters. The molecular weight excluding hydrogens is 316 g/mol. The third-order valence-corrected chi connectivity index (χ3v) is 5.88. The van der Waals surface area contributed by atoms with Crippen LogP contribution >= 0.6 is 0 Å². The Morgan fingerprint density at radius 1 is 1.08 bits per heavy atom. The normalized spacial score (nSPS) is 26.4. The average Bonchev–Trinajstić information content (AvgIpc) is 3.15. The van der Waals surface area contributed by atoms with E-state index in [4.69, 9.17) is 9.47 Å². The summed E-state index contributed by atoms with van der Waals surface area (Å²) in [4.78, 5) is 17.4. The fourth-order valence-corrected chi connectivity index (χ4v) is 4.42. The monoisotopic (exact) mass is 344 g/mol. The summed E-state index contributed by atoms with van der Waals surface area (Å²) in [6, 6.07) is 6.00. The van der Waals surface area contributed by atoms with Crippen molar-refractivity contribution in [2.45, 2.75) is 32.2 Å². The third kappa shape index (κ3) is 3.47. The van der Waals surface area contributed by atoms with Crippen LogP contribution in [0.2, 0.25) is 0 Å². The van der Waals surface area contributed by atoms with Gasteiger partial charge in [0.25, 0.3) is 0 Å².